The SMILES string of the molecule is O=C(Nc1ccc(Br)c(F)c1)Nc1nc(OCC(F)(F)F)cc(OCC(F)(F)F)n1. The molecule has 2 amide bonds. The van der Waals surface area contributed by atoms with E-state index in [0.29, 0.717) is 6.07 Å². The smallest absolute Gasteiger partial charge is 0.422 e. The average molecular weight is 507 g/mol. The Labute approximate surface area is 171 Å². The van der Waals surface area contributed by atoms with Crippen LogP contribution in [0.15, 0.2) is 28.7 Å². The summed E-state index contributed by atoms with van der Waals surface area (Å²) in [5, 5.41) is 4.15. The van der Waals surface area contributed by atoms with E-state index in [2.05, 4.69) is 40.7 Å². The van der Waals surface area contributed by atoms with Gasteiger partial charge in [-0.25, -0.2) is 9.18 Å². The Morgan fingerprint density at radius 1 is 0.933 bits per heavy atom. The third-order valence-electron chi connectivity index (χ3n) is 2.85. The quantitative estimate of drug-likeness (QED) is 0.544. The number of anilines is 2. The number of carbonyl (C=O) groups is 1. The van der Waals surface area contributed by atoms with E-state index in [-0.39, 0.29) is 10.2 Å². The number of hydrogen-bond acceptors (Lipinski definition) is 5. The van der Waals surface area contributed by atoms with Gasteiger partial charge in [0.05, 0.1) is 10.5 Å². The molecule has 0 bridgehead atoms. The minimum atomic E-state index is -4.76. The van der Waals surface area contributed by atoms with Crippen molar-refractivity contribution >= 4 is 33.6 Å². The lowest BCUT2D eigenvalue weighted by Crippen LogP contribution is -2.23. The van der Waals surface area contributed by atoms with Crippen molar-refractivity contribution in [2.75, 3.05) is 23.8 Å². The molecule has 0 radical (unpaired) electrons. The molecule has 1 aromatic carbocycles. The van der Waals surface area contributed by atoms with E-state index in [0.717, 1.165) is 6.07 Å². The Bertz CT molecular complexity index is 873. The van der Waals surface area contributed by atoms with Gasteiger partial charge in [0, 0.05) is 5.69 Å². The summed E-state index contributed by atoms with van der Waals surface area (Å²) in [5.74, 6) is -3.02. The standard InChI is InChI=1S/C15H10BrF7N4O3/c16-8-2-1-7(3-9(8)17)24-13(28)27-12-25-10(29-5-14(18,19)20)4-11(26-12)30-6-15(21,22)23/h1-4H,5-6H2,(H2,24,25,26,27,28). The van der Waals surface area contributed by atoms with Crippen molar-refractivity contribution in [2.45, 2.75) is 12.4 Å². The first-order chi connectivity index (χ1) is 13.8. The summed E-state index contributed by atoms with van der Waals surface area (Å²) in [5.41, 5.74) is -0.00813. The highest BCUT2D eigenvalue weighted by Gasteiger charge is 2.30. The van der Waals surface area contributed by atoms with Crippen LogP contribution in [-0.2, 0) is 0 Å². The van der Waals surface area contributed by atoms with E-state index >= 15 is 0 Å². The number of benzene rings is 1. The van der Waals surface area contributed by atoms with E-state index in [4.69, 9.17) is 0 Å². The van der Waals surface area contributed by atoms with Gasteiger partial charge in [-0.3, -0.25) is 5.32 Å². The van der Waals surface area contributed by atoms with Crippen molar-refractivity contribution < 1.29 is 45.0 Å². The summed E-state index contributed by atoms with van der Waals surface area (Å²) in [4.78, 5) is 18.8. The van der Waals surface area contributed by atoms with Crippen LogP contribution in [-0.4, -0.2) is 41.6 Å². The van der Waals surface area contributed by atoms with E-state index < -0.39 is 55.1 Å². The van der Waals surface area contributed by atoms with Crippen molar-refractivity contribution in [1.82, 2.24) is 9.97 Å². The zero-order valence-electron chi connectivity index (χ0n) is 14.4. The van der Waals surface area contributed by atoms with Gasteiger partial charge in [0.15, 0.2) is 13.2 Å². The number of nitrogens with one attached hydrogen (secondary N) is 2. The number of carbonyl (C=O) groups excluding carboxylic acids is 1. The second-order valence-corrected chi connectivity index (χ2v) is 6.24. The number of amides is 2. The Morgan fingerprint density at radius 2 is 1.47 bits per heavy atom. The van der Waals surface area contributed by atoms with Crippen LogP contribution < -0.4 is 20.1 Å². The molecule has 1 aromatic heterocycles. The van der Waals surface area contributed by atoms with Crippen LogP contribution in [0.5, 0.6) is 11.8 Å². The van der Waals surface area contributed by atoms with Gasteiger partial charge < -0.3 is 14.8 Å². The lowest BCUT2D eigenvalue weighted by molar-refractivity contribution is -0.154. The number of nitrogens with zero attached hydrogens (tertiary/aromatic N) is 2. The van der Waals surface area contributed by atoms with E-state index in [1.807, 2.05) is 5.32 Å². The zero-order chi connectivity index (χ0) is 22.5. The molecule has 0 saturated carbocycles. The number of aromatic nitrogens is 2. The van der Waals surface area contributed by atoms with Gasteiger partial charge in [-0.15, -0.1) is 0 Å². The first-order valence-electron chi connectivity index (χ1n) is 7.62. The molecule has 0 unspecified atom stereocenters. The first-order valence-corrected chi connectivity index (χ1v) is 8.41. The molecule has 0 aliphatic rings. The molecule has 7 nitrogen and oxygen atoms in total. The summed E-state index contributed by atoms with van der Waals surface area (Å²) in [6.45, 7) is -3.60. The van der Waals surface area contributed by atoms with E-state index in [1.165, 1.54) is 12.1 Å². The second-order valence-electron chi connectivity index (χ2n) is 5.38. The summed E-state index contributed by atoms with van der Waals surface area (Å²) in [6, 6.07) is 3.08. The maximum absolute atomic E-state index is 13.5. The van der Waals surface area contributed by atoms with Gasteiger partial charge in [0.1, 0.15) is 5.82 Å². The largest absolute Gasteiger partial charge is 0.468 e. The highest BCUT2D eigenvalue weighted by molar-refractivity contribution is 9.10. The summed E-state index contributed by atoms with van der Waals surface area (Å²) in [7, 11) is 0. The van der Waals surface area contributed by atoms with Crippen LogP contribution in [0.3, 0.4) is 0 Å². The third-order valence-corrected chi connectivity index (χ3v) is 3.49. The number of ether oxygens (including phenoxy) is 2. The van der Waals surface area contributed by atoms with Crippen LogP contribution in [0.25, 0.3) is 0 Å². The highest BCUT2D eigenvalue weighted by Crippen LogP contribution is 2.24. The number of hydrogen-bond donors (Lipinski definition) is 2. The predicted molar refractivity (Wildman–Crippen MR) is 91.9 cm³/mol. The van der Waals surface area contributed by atoms with Gasteiger partial charge >= 0.3 is 18.4 Å². The fraction of sp³-hybridized carbons (Fsp3) is 0.267. The van der Waals surface area contributed by atoms with E-state index in [1.54, 1.807) is 0 Å². The molecule has 15 heteroatoms. The fourth-order valence-electron chi connectivity index (χ4n) is 1.76. The normalized spacial score (nSPS) is 11.7. The zero-order valence-corrected chi connectivity index (χ0v) is 16.0. The van der Waals surface area contributed by atoms with Gasteiger partial charge in [-0.1, -0.05) is 0 Å². The van der Waals surface area contributed by atoms with Crippen LogP contribution >= 0.6 is 15.9 Å². The molecule has 0 atom stereocenters. The molecule has 0 fully saturated rings. The van der Waals surface area contributed by atoms with Crippen molar-refractivity contribution in [3.05, 3.63) is 34.6 Å². The molecular formula is C15H10BrF7N4O3. The Kier molecular flexibility index (Phi) is 7.28. The maximum Gasteiger partial charge on any atom is 0.422 e. The van der Waals surface area contributed by atoms with Crippen LogP contribution in [0.1, 0.15) is 0 Å². The highest BCUT2D eigenvalue weighted by atomic mass is 79.9. The molecule has 0 saturated heterocycles. The number of rotatable bonds is 6. The predicted octanol–water partition coefficient (Wildman–Crippen LogP) is 4.90. The van der Waals surface area contributed by atoms with Crippen molar-refractivity contribution in [3.63, 3.8) is 0 Å². The molecule has 0 aliphatic carbocycles. The maximum atomic E-state index is 13.5. The molecule has 164 valence electrons. The molecule has 2 N–H and O–H groups in total. The number of halogens is 8. The Morgan fingerprint density at radius 3 is 1.93 bits per heavy atom. The topological polar surface area (TPSA) is 85.4 Å². The summed E-state index contributed by atoms with van der Waals surface area (Å²) >= 11 is 2.91. The lowest BCUT2D eigenvalue weighted by Gasteiger charge is -2.13. The number of urea groups is 1. The van der Waals surface area contributed by atoms with Crippen molar-refractivity contribution in [1.29, 1.82) is 0 Å². The Hall–Kier alpha value is -2.84. The second kappa shape index (κ2) is 9.32. The van der Waals surface area contributed by atoms with Crippen molar-refractivity contribution in [3.8, 4) is 11.8 Å². The average Bonchev–Trinajstić information content (AvgIpc) is 2.60. The molecular weight excluding hydrogens is 497 g/mol. The first kappa shape index (κ1) is 23.4. The van der Waals surface area contributed by atoms with Crippen molar-refractivity contribution in [2.24, 2.45) is 0 Å². The molecule has 1 heterocycles. The Balaban J connectivity index is 2.16. The van der Waals surface area contributed by atoms with Gasteiger partial charge in [0.2, 0.25) is 17.7 Å². The fourth-order valence-corrected chi connectivity index (χ4v) is 2.00. The molecule has 0 spiro atoms. The van der Waals surface area contributed by atoms with Gasteiger partial charge in [-0.05, 0) is 34.1 Å². The van der Waals surface area contributed by atoms with Gasteiger partial charge in [-0.2, -0.15) is 36.3 Å². The monoisotopic (exact) mass is 506 g/mol. The van der Waals surface area contributed by atoms with Crippen LogP contribution in [0.4, 0.5) is 47.2 Å². The minimum absolute atomic E-state index is 0.00813. The van der Waals surface area contributed by atoms with E-state index in [9.17, 15) is 35.5 Å². The van der Waals surface area contributed by atoms with Gasteiger partial charge in [0.25, 0.3) is 0 Å². The minimum Gasteiger partial charge on any atom is -0.468 e. The van der Waals surface area contributed by atoms with Crippen LogP contribution in [0.2, 0.25) is 0 Å². The molecule has 2 rings (SSSR count). The van der Waals surface area contributed by atoms with Crippen LogP contribution in [0, 0.1) is 5.82 Å². The molecule has 30 heavy (non-hydrogen) atoms. The molecule has 0 aliphatic heterocycles. The lowest BCUT2D eigenvalue weighted by atomic mass is 10.3. The summed E-state index contributed by atoms with van der Waals surface area (Å²) in [6.07, 6.45) is -9.51. The number of alkyl halides is 6. The third kappa shape index (κ3) is 8.26. The molecule has 2 aromatic rings. The summed E-state index contributed by atoms with van der Waals surface area (Å²) < 4.78 is 96.1.